The molecule has 6 N–H and O–H groups in total. The van der Waals surface area contributed by atoms with Gasteiger partial charge in [-0.15, -0.1) is 0 Å². The molecule has 1 fully saturated rings. The van der Waals surface area contributed by atoms with E-state index in [1.807, 2.05) is 6.08 Å². The van der Waals surface area contributed by atoms with E-state index >= 15 is 0 Å². The molecule has 11 heteroatoms. The molecule has 7 unspecified atom stereocenters. The summed E-state index contributed by atoms with van der Waals surface area (Å²) in [5, 5.41) is 54.3. The molecule has 0 aromatic carbocycles. The Bertz CT molecular complexity index is 1680. The zero-order valence-corrected chi connectivity index (χ0v) is 58.6. The van der Waals surface area contributed by atoms with Crippen molar-refractivity contribution < 1.29 is 49.3 Å². The number of nitrogens with one attached hydrogen (secondary N) is 1. The molecule has 0 aromatic heterocycles. The van der Waals surface area contributed by atoms with E-state index in [4.69, 9.17) is 14.2 Å². The van der Waals surface area contributed by atoms with E-state index in [2.05, 4.69) is 67.8 Å². The number of carbonyl (C=O) groups excluding carboxylic acids is 2. The molecule has 0 aliphatic carbocycles. The lowest BCUT2D eigenvalue weighted by atomic mass is 9.99. The maximum atomic E-state index is 13.0. The van der Waals surface area contributed by atoms with Crippen LogP contribution >= 0.6 is 0 Å². The maximum Gasteiger partial charge on any atom is 0.305 e. The monoisotopic (exact) mass is 1270 g/mol. The highest BCUT2D eigenvalue weighted by Gasteiger charge is 2.44. The molecule has 0 spiro atoms. The lowest BCUT2D eigenvalue weighted by molar-refractivity contribution is -0.302. The molecule has 1 heterocycles. The lowest BCUT2D eigenvalue weighted by Gasteiger charge is -2.40. The second-order valence-corrected chi connectivity index (χ2v) is 26.7. The summed E-state index contributed by atoms with van der Waals surface area (Å²) in [4.78, 5) is 25.1. The van der Waals surface area contributed by atoms with Gasteiger partial charge in [0.25, 0.3) is 0 Å². The number of ether oxygens (including phenoxy) is 3. The second kappa shape index (κ2) is 67.8. The van der Waals surface area contributed by atoms with Crippen LogP contribution in [0, 0.1) is 0 Å². The molecule has 0 bridgehead atoms. The second-order valence-electron chi connectivity index (χ2n) is 26.7. The smallest absolute Gasteiger partial charge is 0.305 e. The lowest BCUT2D eigenvalue weighted by Crippen LogP contribution is -2.60. The van der Waals surface area contributed by atoms with E-state index in [1.54, 1.807) is 6.08 Å². The van der Waals surface area contributed by atoms with E-state index in [0.29, 0.717) is 19.4 Å². The van der Waals surface area contributed by atoms with Gasteiger partial charge in [0.1, 0.15) is 24.4 Å². The van der Waals surface area contributed by atoms with Gasteiger partial charge in [-0.3, -0.25) is 9.59 Å². The quantitative estimate of drug-likeness (QED) is 0.0195. The molecule has 7 atom stereocenters. The normalized spacial score (nSPS) is 18.0. The van der Waals surface area contributed by atoms with Crippen molar-refractivity contribution in [3.8, 4) is 0 Å². The minimum atomic E-state index is -1.58. The summed E-state index contributed by atoms with van der Waals surface area (Å²) in [5.74, 6) is -0.186. The molecule has 0 aromatic rings. The number of aliphatic hydroxyl groups excluding tert-OH is 5. The number of hydrogen-bond donors (Lipinski definition) is 6. The standard InChI is InChI=1S/C79H145NO10/c1-3-5-7-9-11-13-15-16-40-44-47-51-55-59-63-67-75(84)88-68-64-60-56-52-48-45-42-39-37-35-33-31-29-27-25-23-21-19-17-18-20-22-24-26-28-30-32-34-36-38-41-43-46-50-54-58-62-66-74(83)80-71(70-89-79-78(87)77(86)76(85)73(69-81)90-79)72(82)65-61-57-53-49-14-12-10-8-6-4-2/h14,16-17,19,23,25,40,49,61,65,71-73,76-79,81-82,85-87H,3-13,15,18,20-22,24,26-39,41-48,50-60,62-64,66-70H2,1-2H3,(H,80,83)/b19-17-,25-23-,40-16-,49-14+,65-61+. The summed E-state index contributed by atoms with van der Waals surface area (Å²) in [6.07, 6.45) is 81.2. The fourth-order valence-corrected chi connectivity index (χ4v) is 12.0. The summed E-state index contributed by atoms with van der Waals surface area (Å²) < 4.78 is 16.7. The molecule has 1 amide bonds. The third-order valence-corrected chi connectivity index (χ3v) is 18.1. The fourth-order valence-electron chi connectivity index (χ4n) is 12.0. The van der Waals surface area contributed by atoms with Crippen LogP contribution in [0.15, 0.2) is 60.8 Å². The number of allylic oxidation sites excluding steroid dienone is 9. The van der Waals surface area contributed by atoms with Gasteiger partial charge in [-0.2, -0.15) is 0 Å². The topological polar surface area (TPSA) is 175 Å². The molecule has 1 saturated heterocycles. The third-order valence-electron chi connectivity index (χ3n) is 18.1. The van der Waals surface area contributed by atoms with Crippen molar-refractivity contribution in [2.24, 2.45) is 0 Å². The van der Waals surface area contributed by atoms with Gasteiger partial charge in [-0.1, -0.05) is 312 Å². The van der Waals surface area contributed by atoms with Gasteiger partial charge in [0, 0.05) is 12.8 Å². The van der Waals surface area contributed by atoms with Crippen LogP contribution in [0.3, 0.4) is 0 Å². The molecule has 0 saturated carbocycles. The average molecular weight is 1270 g/mol. The van der Waals surface area contributed by atoms with Crippen LogP contribution in [0.4, 0.5) is 0 Å². The Balaban J connectivity index is 1.89. The number of amides is 1. The van der Waals surface area contributed by atoms with Gasteiger partial charge in [-0.25, -0.2) is 0 Å². The number of unbranched alkanes of at least 4 members (excludes halogenated alkanes) is 46. The molecule has 0 radical (unpaired) electrons. The van der Waals surface area contributed by atoms with Crippen LogP contribution in [0.2, 0.25) is 0 Å². The van der Waals surface area contributed by atoms with Crippen LogP contribution < -0.4 is 5.32 Å². The van der Waals surface area contributed by atoms with Crippen LogP contribution in [0.1, 0.15) is 367 Å². The first kappa shape index (κ1) is 85.4. The van der Waals surface area contributed by atoms with Gasteiger partial charge in [-0.05, 0) is 103 Å². The Labute approximate surface area is 554 Å². The highest BCUT2D eigenvalue weighted by molar-refractivity contribution is 5.76. The fraction of sp³-hybridized carbons (Fsp3) is 0.848. The first-order valence-corrected chi connectivity index (χ1v) is 38.6. The van der Waals surface area contributed by atoms with Crippen molar-refractivity contribution in [1.82, 2.24) is 5.32 Å². The SMILES string of the molecule is CCCCCC/C=C/CC/C=C/C(O)C(COC1OC(CO)C(O)C(O)C1O)NC(=O)CCCCCCCCCCCCCCCCCCC/C=C\C/C=C\CCCCCCCCCCCCCCCOC(=O)CCCCCCC/C=C\CCCCCCCC. The van der Waals surface area contributed by atoms with E-state index in [0.717, 1.165) is 64.2 Å². The Kier molecular flexibility index (Phi) is 64.3. The van der Waals surface area contributed by atoms with Gasteiger partial charge < -0.3 is 45.1 Å². The highest BCUT2D eigenvalue weighted by Crippen LogP contribution is 2.23. The van der Waals surface area contributed by atoms with Crippen molar-refractivity contribution in [2.75, 3.05) is 19.8 Å². The molecule has 11 nitrogen and oxygen atoms in total. The molecule has 526 valence electrons. The molecular formula is C79H145NO10. The number of carbonyl (C=O) groups is 2. The average Bonchev–Trinajstić information content (AvgIpc) is 3.56. The van der Waals surface area contributed by atoms with E-state index < -0.39 is 49.5 Å². The predicted molar refractivity (Wildman–Crippen MR) is 380 cm³/mol. The Morgan fingerprint density at radius 1 is 0.411 bits per heavy atom. The Hall–Kier alpha value is -2.64. The number of hydrogen-bond acceptors (Lipinski definition) is 10. The molecule has 90 heavy (non-hydrogen) atoms. The Morgan fingerprint density at radius 3 is 1.18 bits per heavy atom. The van der Waals surface area contributed by atoms with Gasteiger partial charge in [0.05, 0.1) is 32.0 Å². The van der Waals surface area contributed by atoms with Gasteiger partial charge in [0.15, 0.2) is 6.29 Å². The minimum Gasteiger partial charge on any atom is -0.466 e. The predicted octanol–water partition coefficient (Wildman–Crippen LogP) is 20.5. The minimum absolute atomic E-state index is 0.00451. The van der Waals surface area contributed by atoms with E-state index in [-0.39, 0.29) is 18.5 Å². The van der Waals surface area contributed by atoms with Crippen LogP contribution in [-0.4, -0.2) is 100 Å². The first-order valence-electron chi connectivity index (χ1n) is 38.6. The van der Waals surface area contributed by atoms with Gasteiger partial charge in [0.2, 0.25) is 5.91 Å². The zero-order chi connectivity index (χ0) is 65.1. The largest absolute Gasteiger partial charge is 0.466 e. The molecule has 1 aliphatic heterocycles. The van der Waals surface area contributed by atoms with E-state index in [9.17, 15) is 35.1 Å². The summed E-state index contributed by atoms with van der Waals surface area (Å²) >= 11 is 0. The number of rotatable bonds is 68. The zero-order valence-electron chi connectivity index (χ0n) is 58.6. The molecule has 1 rings (SSSR count). The Morgan fingerprint density at radius 2 is 0.756 bits per heavy atom. The van der Waals surface area contributed by atoms with Crippen molar-refractivity contribution in [3.63, 3.8) is 0 Å². The van der Waals surface area contributed by atoms with Crippen molar-refractivity contribution in [3.05, 3.63) is 60.8 Å². The summed E-state index contributed by atoms with van der Waals surface area (Å²) in [7, 11) is 0. The van der Waals surface area contributed by atoms with Crippen molar-refractivity contribution >= 4 is 11.9 Å². The van der Waals surface area contributed by atoms with E-state index in [1.165, 1.54) is 276 Å². The summed E-state index contributed by atoms with van der Waals surface area (Å²) in [5.41, 5.74) is 0. The summed E-state index contributed by atoms with van der Waals surface area (Å²) in [6.45, 7) is 4.32. The van der Waals surface area contributed by atoms with Crippen molar-refractivity contribution in [2.45, 2.75) is 410 Å². The van der Waals surface area contributed by atoms with Gasteiger partial charge >= 0.3 is 5.97 Å². The third kappa shape index (κ3) is 55.8. The molecule has 1 aliphatic rings. The van der Waals surface area contributed by atoms with Crippen LogP contribution in [0.5, 0.6) is 0 Å². The highest BCUT2D eigenvalue weighted by atomic mass is 16.7. The maximum absolute atomic E-state index is 13.0. The molecular weight excluding hydrogens is 1120 g/mol. The number of aliphatic hydroxyl groups is 5. The summed E-state index contributed by atoms with van der Waals surface area (Å²) in [6, 6.07) is -0.825. The van der Waals surface area contributed by atoms with Crippen LogP contribution in [0.25, 0.3) is 0 Å². The van der Waals surface area contributed by atoms with Crippen LogP contribution in [-0.2, 0) is 23.8 Å². The van der Waals surface area contributed by atoms with Crippen molar-refractivity contribution in [1.29, 1.82) is 0 Å². The number of esters is 1. The first-order chi connectivity index (χ1) is 44.2.